The molecule has 3 aromatic rings. The monoisotopic (exact) mass is 408 g/mol. The van der Waals surface area contributed by atoms with E-state index in [4.69, 9.17) is 10.5 Å². The lowest BCUT2D eigenvalue weighted by molar-refractivity contribution is -0.117. The van der Waals surface area contributed by atoms with Crippen LogP contribution < -0.4 is 20.9 Å². The molecular weight excluding hydrogens is 384 g/mol. The van der Waals surface area contributed by atoms with Crippen LogP contribution in [0.25, 0.3) is 10.8 Å². The molecule has 0 fully saturated rings. The highest BCUT2D eigenvalue weighted by atomic mass is 16.5. The summed E-state index contributed by atoms with van der Waals surface area (Å²) in [5, 5.41) is 5.23. The maximum atomic E-state index is 13.7. The van der Waals surface area contributed by atoms with Crippen molar-refractivity contribution in [1.29, 1.82) is 0 Å². The fraction of sp³-hybridized carbons (Fsp3) is 0.273. The minimum Gasteiger partial charge on any atom is -0.495 e. The van der Waals surface area contributed by atoms with Gasteiger partial charge < -0.3 is 15.4 Å². The fourth-order valence-corrected chi connectivity index (χ4v) is 3.25. The second-order valence-electron chi connectivity index (χ2n) is 7.08. The number of ether oxygens (including phenoxy) is 1. The van der Waals surface area contributed by atoms with Crippen molar-refractivity contribution in [2.45, 2.75) is 26.3 Å². The van der Waals surface area contributed by atoms with Crippen LogP contribution in [-0.4, -0.2) is 35.2 Å². The second kappa shape index (κ2) is 8.77. The molecule has 0 aliphatic rings. The smallest absolute Gasteiger partial charge is 0.279 e. The number of anilines is 1. The zero-order valence-corrected chi connectivity index (χ0v) is 17.2. The maximum Gasteiger partial charge on any atom is 0.279 e. The third kappa shape index (κ3) is 4.03. The largest absolute Gasteiger partial charge is 0.495 e. The molecule has 8 nitrogen and oxygen atoms in total. The van der Waals surface area contributed by atoms with Gasteiger partial charge in [0.2, 0.25) is 5.91 Å². The van der Waals surface area contributed by atoms with E-state index >= 15 is 0 Å². The normalized spacial score (nSPS) is 10.9. The minimum absolute atomic E-state index is 0.0362. The number of carbonyl (C=O) groups is 2. The Morgan fingerprint density at radius 3 is 2.37 bits per heavy atom. The zero-order chi connectivity index (χ0) is 21.8. The number of benzene rings is 2. The number of aromatic nitrogens is 2. The van der Waals surface area contributed by atoms with Crippen LogP contribution in [0.5, 0.6) is 5.75 Å². The van der Waals surface area contributed by atoms with Crippen LogP contribution >= 0.6 is 0 Å². The van der Waals surface area contributed by atoms with E-state index < -0.39 is 11.8 Å². The first-order valence-electron chi connectivity index (χ1n) is 9.60. The Bertz CT molecular complexity index is 1150. The SMILES string of the molecule is COc1ccccc1N(CCC(N)=O)C(=O)c1nn(C(C)C)c(=O)c2ccccc12. The van der Waals surface area contributed by atoms with Crippen LogP contribution in [0.1, 0.15) is 36.8 Å². The number of methoxy groups -OCH3 is 1. The average molecular weight is 408 g/mol. The third-order valence-electron chi connectivity index (χ3n) is 4.72. The average Bonchev–Trinajstić information content (AvgIpc) is 2.74. The van der Waals surface area contributed by atoms with Crippen molar-refractivity contribution in [2.24, 2.45) is 5.73 Å². The van der Waals surface area contributed by atoms with Gasteiger partial charge in [-0.15, -0.1) is 0 Å². The van der Waals surface area contributed by atoms with Crippen molar-refractivity contribution in [1.82, 2.24) is 9.78 Å². The Hall–Kier alpha value is -3.68. The van der Waals surface area contributed by atoms with Crippen molar-refractivity contribution in [3.8, 4) is 5.75 Å². The molecule has 0 aliphatic heterocycles. The lowest BCUT2D eigenvalue weighted by atomic mass is 10.1. The number of fused-ring (bicyclic) bond motifs is 1. The van der Waals surface area contributed by atoms with Gasteiger partial charge in [-0.25, -0.2) is 4.68 Å². The topological polar surface area (TPSA) is 108 Å². The number of carbonyl (C=O) groups excluding carboxylic acids is 2. The molecular formula is C22H24N4O4. The Morgan fingerprint density at radius 1 is 1.10 bits per heavy atom. The van der Waals surface area contributed by atoms with Gasteiger partial charge in [0.05, 0.1) is 24.2 Å². The quantitative estimate of drug-likeness (QED) is 0.646. The number of rotatable bonds is 7. The van der Waals surface area contributed by atoms with Gasteiger partial charge in [-0.05, 0) is 32.0 Å². The van der Waals surface area contributed by atoms with Gasteiger partial charge in [-0.3, -0.25) is 14.4 Å². The molecule has 0 bridgehead atoms. The number of para-hydroxylation sites is 2. The van der Waals surface area contributed by atoms with Gasteiger partial charge in [-0.1, -0.05) is 30.3 Å². The molecule has 0 saturated carbocycles. The molecule has 30 heavy (non-hydrogen) atoms. The standard InChI is InChI=1S/C22H24N4O4/c1-14(2)26-21(28)16-9-5-4-8-15(16)20(24-26)22(29)25(13-12-19(23)27)17-10-6-7-11-18(17)30-3/h4-11,14H,12-13H2,1-3H3,(H2,23,27). The molecule has 0 unspecified atom stereocenters. The van der Waals surface area contributed by atoms with E-state index in [-0.39, 0.29) is 30.3 Å². The highest BCUT2D eigenvalue weighted by Gasteiger charge is 2.26. The molecule has 0 aliphatic carbocycles. The first-order valence-corrected chi connectivity index (χ1v) is 9.60. The summed E-state index contributed by atoms with van der Waals surface area (Å²) in [7, 11) is 1.50. The first-order chi connectivity index (χ1) is 14.3. The maximum absolute atomic E-state index is 13.7. The summed E-state index contributed by atoms with van der Waals surface area (Å²) in [6, 6.07) is 13.6. The van der Waals surface area contributed by atoms with E-state index in [1.807, 2.05) is 13.8 Å². The lowest BCUT2D eigenvalue weighted by Crippen LogP contribution is -2.37. The molecule has 0 radical (unpaired) electrons. The molecule has 156 valence electrons. The highest BCUT2D eigenvalue weighted by Crippen LogP contribution is 2.30. The highest BCUT2D eigenvalue weighted by molar-refractivity contribution is 6.13. The molecule has 2 aromatic carbocycles. The van der Waals surface area contributed by atoms with E-state index in [2.05, 4.69) is 5.10 Å². The van der Waals surface area contributed by atoms with Crippen LogP contribution in [0.15, 0.2) is 53.3 Å². The number of nitrogens with two attached hydrogens (primary N) is 1. The Balaban J connectivity index is 2.22. The molecule has 2 amide bonds. The summed E-state index contributed by atoms with van der Waals surface area (Å²) in [6.07, 6.45) is -0.0362. The van der Waals surface area contributed by atoms with E-state index in [1.165, 1.54) is 16.7 Å². The van der Waals surface area contributed by atoms with E-state index in [0.29, 0.717) is 22.2 Å². The van der Waals surface area contributed by atoms with Crippen molar-refractivity contribution in [2.75, 3.05) is 18.6 Å². The number of primary amides is 1. The van der Waals surface area contributed by atoms with Crippen LogP contribution in [0.2, 0.25) is 0 Å². The molecule has 2 N–H and O–H groups in total. The number of nitrogens with zero attached hydrogens (tertiary/aromatic N) is 3. The summed E-state index contributed by atoms with van der Waals surface area (Å²) in [5.41, 5.74) is 5.67. The molecule has 0 atom stereocenters. The summed E-state index contributed by atoms with van der Waals surface area (Å²) >= 11 is 0. The Kier molecular flexibility index (Phi) is 6.15. The summed E-state index contributed by atoms with van der Waals surface area (Å²) < 4.78 is 6.70. The van der Waals surface area contributed by atoms with Crippen molar-refractivity contribution < 1.29 is 14.3 Å². The minimum atomic E-state index is -0.535. The molecule has 3 rings (SSSR count). The van der Waals surface area contributed by atoms with Gasteiger partial charge in [0.15, 0.2) is 5.69 Å². The van der Waals surface area contributed by atoms with E-state index in [1.54, 1.807) is 48.5 Å². The van der Waals surface area contributed by atoms with Crippen LogP contribution in [-0.2, 0) is 4.79 Å². The van der Waals surface area contributed by atoms with E-state index in [0.717, 1.165) is 0 Å². The van der Waals surface area contributed by atoms with Crippen molar-refractivity contribution >= 4 is 28.3 Å². The lowest BCUT2D eigenvalue weighted by Gasteiger charge is -2.25. The van der Waals surface area contributed by atoms with Gasteiger partial charge in [0.25, 0.3) is 11.5 Å². The van der Waals surface area contributed by atoms with Crippen molar-refractivity contribution in [3.63, 3.8) is 0 Å². The summed E-state index contributed by atoms with van der Waals surface area (Å²) in [4.78, 5) is 39.3. The van der Waals surface area contributed by atoms with Gasteiger partial charge in [-0.2, -0.15) is 5.10 Å². The second-order valence-corrected chi connectivity index (χ2v) is 7.08. The third-order valence-corrected chi connectivity index (χ3v) is 4.72. The van der Waals surface area contributed by atoms with Crippen molar-refractivity contribution in [3.05, 3.63) is 64.6 Å². The van der Waals surface area contributed by atoms with Gasteiger partial charge in [0.1, 0.15) is 5.75 Å². The fourth-order valence-electron chi connectivity index (χ4n) is 3.25. The summed E-state index contributed by atoms with van der Waals surface area (Å²) in [5.74, 6) is -0.518. The summed E-state index contributed by atoms with van der Waals surface area (Å²) in [6.45, 7) is 3.69. The number of hydrogen-bond donors (Lipinski definition) is 1. The molecule has 1 heterocycles. The molecule has 0 spiro atoms. The van der Waals surface area contributed by atoms with E-state index in [9.17, 15) is 14.4 Å². The Morgan fingerprint density at radius 2 is 1.73 bits per heavy atom. The predicted molar refractivity (Wildman–Crippen MR) is 115 cm³/mol. The van der Waals surface area contributed by atoms with Gasteiger partial charge >= 0.3 is 0 Å². The van der Waals surface area contributed by atoms with Crippen LogP contribution in [0, 0.1) is 0 Å². The Labute approximate surface area is 173 Å². The molecule has 1 aromatic heterocycles. The zero-order valence-electron chi connectivity index (χ0n) is 17.2. The predicted octanol–water partition coefficient (Wildman–Crippen LogP) is 2.51. The number of amides is 2. The first kappa shape index (κ1) is 21.0. The van der Waals surface area contributed by atoms with Gasteiger partial charge in [0, 0.05) is 18.4 Å². The molecule has 0 saturated heterocycles. The van der Waals surface area contributed by atoms with Crippen LogP contribution in [0.4, 0.5) is 5.69 Å². The van der Waals surface area contributed by atoms with Crippen LogP contribution in [0.3, 0.4) is 0 Å². The number of hydrogen-bond acceptors (Lipinski definition) is 5. The molecule has 8 heteroatoms.